The van der Waals surface area contributed by atoms with E-state index in [0.717, 1.165) is 0 Å². The van der Waals surface area contributed by atoms with Crippen molar-refractivity contribution >= 4 is 15.8 Å². The van der Waals surface area contributed by atoms with Crippen LogP contribution in [0.1, 0.15) is 28.8 Å². The quantitative estimate of drug-likeness (QED) is 0.790. The van der Waals surface area contributed by atoms with Gasteiger partial charge in [0.2, 0.25) is 0 Å². The normalized spacial score (nSPS) is 10.8. The molecule has 1 rings (SSSR count). The van der Waals surface area contributed by atoms with Gasteiger partial charge in [0, 0.05) is 6.42 Å². The zero-order valence-electron chi connectivity index (χ0n) is 9.67. The first-order valence-electron chi connectivity index (χ1n) is 5.34. The summed E-state index contributed by atoms with van der Waals surface area (Å²) < 4.78 is 23.3. The Labute approximate surface area is 106 Å². The summed E-state index contributed by atoms with van der Waals surface area (Å²) in [7, 11) is -3.24. The van der Waals surface area contributed by atoms with Gasteiger partial charge in [-0.2, -0.15) is 5.26 Å². The van der Waals surface area contributed by atoms with Crippen LogP contribution < -0.4 is 0 Å². The molecule has 18 heavy (non-hydrogen) atoms. The Bertz CT molecular complexity index is 555. The van der Waals surface area contributed by atoms with Crippen LogP contribution in [0.2, 0.25) is 0 Å². The summed E-state index contributed by atoms with van der Waals surface area (Å²) in [6, 6.07) is 7.63. The van der Waals surface area contributed by atoms with E-state index in [0.29, 0.717) is 12.0 Å². The number of carboxylic acid groups (broad SMARTS) is 1. The maximum atomic E-state index is 11.7. The second kappa shape index (κ2) is 6.17. The molecule has 0 unspecified atom stereocenters. The van der Waals surface area contributed by atoms with Crippen LogP contribution >= 0.6 is 0 Å². The van der Waals surface area contributed by atoms with Crippen molar-refractivity contribution in [2.24, 2.45) is 0 Å². The highest BCUT2D eigenvalue weighted by molar-refractivity contribution is 7.90. The second-order valence-electron chi connectivity index (χ2n) is 3.86. The maximum absolute atomic E-state index is 11.7. The lowest BCUT2D eigenvalue weighted by Crippen LogP contribution is -2.09. The van der Waals surface area contributed by atoms with Crippen molar-refractivity contribution in [1.82, 2.24) is 0 Å². The number of sulfone groups is 1. The lowest BCUT2D eigenvalue weighted by molar-refractivity contribution is 0.0697. The molecule has 1 aromatic carbocycles. The van der Waals surface area contributed by atoms with Crippen LogP contribution in [0, 0.1) is 11.3 Å². The predicted octanol–water partition coefficient (Wildman–Crippen LogP) is 1.60. The highest BCUT2D eigenvalue weighted by Gasteiger charge is 2.12. The van der Waals surface area contributed by atoms with Gasteiger partial charge < -0.3 is 5.11 Å². The Morgan fingerprint density at radius 3 is 2.39 bits per heavy atom. The first-order valence-corrected chi connectivity index (χ1v) is 7.16. The number of carboxylic acids is 1. The van der Waals surface area contributed by atoms with Gasteiger partial charge in [0.05, 0.1) is 23.1 Å². The molecule has 96 valence electrons. The van der Waals surface area contributed by atoms with Gasteiger partial charge in [0.1, 0.15) is 0 Å². The summed E-state index contributed by atoms with van der Waals surface area (Å²) in [4.78, 5) is 10.6. The van der Waals surface area contributed by atoms with Crippen LogP contribution in [0.3, 0.4) is 0 Å². The topological polar surface area (TPSA) is 95.2 Å². The molecule has 1 aromatic rings. The van der Waals surface area contributed by atoms with Gasteiger partial charge in [0.25, 0.3) is 0 Å². The molecule has 6 heteroatoms. The SMILES string of the molecule is N#CCCCS(=O)(=O)Cc1ccc(C(=O)O)cc1. The van der Waals surface area contributed by atoms with Crippen molar-refractivity contribution in [3.05, 3.63) is 35.4 Å². The molecule has 0 fully saturated rings. The van der Waals surface area contributed by atoms with E-state index in [-0.39, 0.29) is 23.5 Å². The van der Waals surface area contributed by atoms with Crippen molar-refractivity contribution in [3.8, 4) is 6.07 Å². The summed E-state index contributed by atoms with van der Waals surface area (Å²) in [5.74, 6) is -1.20. The van der Waals surface area contributed by atoms with E-state index >= 15 is 0 Å². The van der Waals surface area contributed by atoms with Gasteiger partial charge in [-0.1, -0.05) is 12.1 Å². The lowest BCUT2D eigenvalue weighted by atomic mass is 10.1. The number of aromatic carboxylic acids is 1. The van der Waals surface area contributed by atoms with Gasteiger partial charge in [0.15, 0.2) is 9.84 Å². The second-order valence-corrected chi connectivity index (χ2v) is 6.04. The van der Waals surface area contributed by atoms with Crippen LogP contribution in [-0.2, 0) is 15.6 Å². The standard InChI is InChI=1S/C12H13NO4S/c13-7-1-2-8-18(16,17)9-10-3-5-11(6-4-10)12(14)15/h3-6H,1-2,8-9H2,(H,14,15). The predicted molar refractivity (Wildman–Crippen MR) is 65.7 cm³/mol. The molecule has 0 bridgehead atoms. The molecular weight excluding hydrogens is 254 g/mol. The van der Waals surface area contributed by atoms with E-state index in [9.17, 15) is 13.2 Å². The highest BCUT2D eigenvalue weighted by Crippen LogP contribution is 2.10. The van der Waals surface area contributed by atoms with Crippen molar-refractivity contribution in [2.75, 3.05) is 5.75 Å². The van der Waals surface area contributed by atoms with Crippen molar-refractivity contribution in [2.45, 2.75) is 18.6 Å². The van der Waals surface area contributed by atoms with E-state index in [1.807, 2.05) is 6.07 Å². The summed E-state index contributed by atoms with van der Waals surface area (Å²) in [5.41, 5.74) is 0.678. The third-order valence-electron chi connectivity index (χ3n) is 2.33. The Morgan fingerprint density at radius 2 is 1.89 bits per heavy atom. The molecule has 0 saturated carbocycles. The van der Waals surface area contributed by atoms with Crippen molar-refractivity contribution < 1.29 is 18.3 Å². The van der Waals surface area contributed by atoms with E-state index in [1.165, 1.54) is 24.3 Å². The minimum atomic E-state index is -3.24. The number of nitriles is 1. The molecule has 0 amide bonds. The molecule has 0 spiro atoms. The Kier molecular flexibility index (Phi) is 4.86. The van der Waals surface area contributed by atoms with Gasteiger partial charge in [-0.3, -0.25) is 0 Å². The number of benzene rings is 1. The number of hydrogen-bond acceptors (Lipinski definition) is 4. The molecule has 1 N–H and O–H groups in total. The first kappa shape index (κ1) is 14.2. The highest BCUT2D eigenvalue weighted by atomic mass is 32.2. The van der Waals surface area contributed by atoms with Gasteiger partial charge in [-0.05, 0) is 24.1 Å². The lowest BCUT2D eigenvalue weighted by Gasteiger charge is -2.03. The monoisotopic (exact) mass is 267 g/mol. The molecule has 0 atom stereocenters. The number of rotatable bonds is 6. The molecule has 0 aromatic heterocycles. The number of carbonyl (C=O) groups is 1. The van der Waals surface area contributed by atoms with Gasteiger partial charge in [-0.15, -0.1) is 0 Å². The summed E-state index contributed by atoms with van der Waals surface area (Å²) in [5, 5.41) is 17.0. The Balaban J connectivity index is 2.67. The fourth-order valence-electron chi connectivity index (χ4n) is 1.44. The van der Waals surface area contributed by atoms with Crippen molar-refractivity contribution in [3.63, 3.8) is 0 Å². The van der Waals surface area contributed by atoms with E-state index in [4.69, 9.17) is 10.4 Å². The van der Waals surface area contributed by atoms with E-state index < -0.39 is 15.8 Å². The van der Waals surface area contributed by atoms with Crippen LogP contribution in [0.25, 0.3) is 0 Å². The Morgan fingerprint density at radius 1 is 1.28 bits per heavy atom. The summed E-state index contributed by atoms with van der Waals surface area (Å²) in [6.45, 7) is 0. The third-order valence-corrected chi connectivity index (χ3v) is 4.02. The summed E-state index contributed by atoms with van der Waals surface area (Å²) in [6.07, 6.45) is 0.545. The fourth-order valence-corrected chi connectivity index (χ4v) is 2.87. The smallest absolute Gasteiger partial charge is 0.335 e. The van der Waals surface area contributed by atoms with Gasteiger partial charge in [-0.25, -0.2) is 13.2 Å². The molecule has 0 saturated heterocycles. The minimum absolute atomic E-state index is 0.0265. The average molecular weight is 267 g/mol. The molecule has 0 aliphatic carbocycles. The molecular formula is C12H13NO4S. The van der Waals surface area contributed by atoms with Crippen molar-refractivity contribution in [1.29, 1.82) is 5.26 Å². The number of hydrogen-bond donors (Lipinski definition) is 1. The zero-order valence-corrected chi connectivity index (χ0v) is 10.5. The Hall–Kier alpha value is -1.87. The molecule has 0 aliphatic rings. The van der Waals surface area contributed by atoms with E-state index in [1.54, 1.807) is 0 Å². The molecule has 5 nitrogen and oxygen atoms in total. The van der Waals surface area contributed by atoms with E-state index in [2.05, 4.69) is 0 Å². The summed E-state index contributed by atoms with van der Waals surface area (Å²) >= 11 is 0. The fraction of sp³-hybridized carbons (Fsp3) is 0.333. The molecule has 0 aliphatic heterocycles. The van der Waals surface area contributed by atoms with Crippen LogP contribution in [-0.4, -0.2) is 25.2 Å². The third kappa shape index (κ3) is 4.55. The van der Waals surface area contributed by atoms with Crippen LogP contribution in [0.4, 0.5) is 0 Å². The number of nitrogens with zero attached hydrogens (tertiary/aromatic N) is 1. The first-order chi connectivity index (χ1) is 8.44. The number of unbranched alkanes of at least 4 members (excludes halogenated alkanes) is 1. The van der Waals surface area contributed by atoms with Gasteiger partial charge >= 0.3 is 5.97 Å². The maximum Gasteiger partial charge on any atom is 0.335 e. The largest absolute Gasteiger partial charge is 0.478 e. The minimum Gasteiger partial charge on any atom is -0.478 e. The molecule has 0 radical (unpaired) electrons. The zero-order chi connectivity index (χ0) is 13.6. The van der Waals surface area contributed by atoms with Crippen LogP contribution in [0.15, 0.2) is 24.3 Å². The molecule has 0 heterocycles. The van der Waals surface area contributed by atoms with Crippen LogP contribution in [0.5, 0.6) is 0 Å². The average Bonchev–Trinajstić information content (AvgIpc) is 2.29.